The molecule has 0 radical (unpaired) electrons. The molecule has 1 aliphatic carbocycles. The van der Waals surface area contributed by atoms with Gasteiger partial charge < -0.3 is 19.6 Å². The van der Waals surface area contributed by atoms with Gasteiger partial charge in [-0.15, -0.1) is 0 Å². The molecule has 6 rings (SSSR count). The Morgan fingerprint density at radius 1 is 1.11 bits per heavy atom. The van der Waals surface area contributed by atoms with E-state index in [-0.39, 0.29) is 17.9 Å². The Kier molecular flexibility index (Phi) is 4.92. The monoisotopic (exact) mass is 475 g/mol. The van der Waals surface area contributed by atoms with Crippen molar-refractivity contribution in [2.24, 2.45) is 0 Å². The fraction of sp³-hybridized carbons (Fsp3) is 0.481. The molecule has 1 saturated carbocycles. The highest BCUT2D eigenvalue weighted by Gasteiger charge is 2.57. The molecular weight excluding hydrogens is 446 g/mol. The first-order valence-corrected chi connectivity index (χ1v) is 12.4. The normalized spacial score (nSPS) is 28.7. The third-order valence-electron chi connectivity index (χ3n) is 8.55. The van der Waals surface area contributed by atoms with E-state index in [0.29, 0.717) is 37.5 Å². The van der Waals surface area contributed by atoms with Gasteiger partial charge in [-0.1, -0.05) is 24.3 Å². The number of pyridine rings is 1. The highest BCUT2D eigenvalue weighted by molar-refractivity contribution is 5.95. The van der Waals surface area contributed by atoms with Crippen LogP contribution in [0.5, 0.6) is 0 Å². The SMILES string of the molecule is CC1CC(c2ccc(C3(C(=O)N4CC[C@@]5(C4)OC(=O)c4cnccc45)CC3)cc2)CCN1C(=O)O. The highest BCUT2D eigenvalue weighted by atomic mass is 16.6. The molecule has 1 spiro atoms. The summed E-state index contributed by atoms with van der Waals surface area (Å²) in [4.78, 5) is 44.9. The minimum atomic E-state index is -0.850. The van der Waals surface area contributed by atoms with Crippen molar-refractivity contribution in [1.82, 2.24) is 14.8 Å². The fourth-order valence-electron chi connectivity index (χ4n) is 6.39. The average molecular weight is 476 g/mol. The summed E-state index contributed by atoms with van der Waals surface area (Å²) in [5.41, 5.74) is 2.33. The van der Waals surface area contributed by atoms with E-state index in [9.17, 15) is 19.5 Å². The summed E-state index contributed by atoms with van der Waals surface area (Å²) in [5, 5.41) is 9.33. The van der Waals surface area contributed by atoms with Crippen LogP contribution in [0.25, 0.3) is 0 Å². The van der Waals surface area contributed by atoms with E-state index in [1.165, 1.54) is 10.5 Å². The van der Waals surface area contributed by atoms with Crippen molar-refractivity contribution in [1.29, 1.82) is 0 Å². The molecule has 1 N–H and O–H groups in total. The lowest BCUT2D eigenvalue weighted by molar-refractivity contribution is -0.134. The van der Waals surface area contributed by atoms with Crippen molar-refractivity contribution in [3.8, 4) is 0 Å². The summed E-state index contributed by atoms with van der Waals surface area (Å²) in [7, 11) is 0. The summed E-state index contributed by atoms with van der Waals surface area (Å²) in [6.45, 7) is 3.46. The van der Waals surface area contributed by atoms with Crippen LogP contribution < -0.4 is 0 Å². The summed E-state index contributed by atoms with van der Waals surface area (Å²) in [5.74, 6) is 0.0808. The first-order valence-electron chi connectivity index (χ1n) is 12.4. The van der Waals surface area contributed by atoms with Crippen LogP contribution in [-0.2, 0) is 20.5 Å². The quantitative estimate of drug-likeness (QED) is 0.680. The Hall–Kier alpha value is -3.42. The maximum atomic E-state index is 13.7. The molecule has 1 aromatic heterocycles. The molecule has 4 aliphatic rings. The van der Waals surface area contributed by atoms with Crippen molar-refractivity contribution in [2.75, 3.05) is 19.6 Å². The van der Waals surface area contributed by atoms with Gasteiger partial charge in [0.25, 0.3) is 0 Å². The number of ether oxygens (including phenoxy) is 1. The van der Waals surface area contributed by atoms with E-state index >= 15 is 0 Å². The Balaban J connectivity index is 1.17. The summed E-state index contributed by atoms with van der Waals surface area (Å²) in [6, 6.07) is 10.2. The number of hydrogen-bond acceptors (Lipinski definition) is 5. The Morgan fingerprint density at radius 2 is 1.89 bits per heavy atom. The average Bonchev–Trinajstić information content (AvgIpc) is 3.49. The van der Waals surface area contributed by atoms with E-state index in [0.717, 1.165) is 36.8 Å². The smallest absolute Gasteiger partial charge is 0.407 e. The molecule has 3 atom stereocenters. The second-order valence-electron chi connectivity index (χ2n) is 10.5. The van der Waals surface area contributed by atoms with Gasteiger partial charge in [0.1, 0.15) is 0 Å². The number of amides is 2. The van der Waals surface area contributed by atoms with Crippen molar-refractivity contribution < 1.29 is 24.2 Å². The number of hydrogen-bond donors (Lipinski definition) is 1. The van der Waals surface area contributed by atoms with Crippen molar-refractivity contribution in [3.63, 3.8) is 0 Å². The van der Waals surface area contributed by atoms with Gasteiger partial charge in [0.15, 0.2) is 5.60 Å². The second-order valence-corrected chi connectivity index (χ2v) is 10.5. The molecule has 35 heavy (non-hydrogen) atoms. The highest BCUT2D eigenvalue weighted by Crippen LogP contribution is 2.52. The standard InChI is InChI=1S/C27H29N3O5/c1-17-14-19(7-12-30(17)25(33)34)18-2-4-20(5-3-18)26(8-9-26)24(32)29-13-10-27(16-29)22-6-11-28-15-21(22)23(31)35-27/h2-6,11,15,17,19H,7-10,12-14,16H2,1H3,(H,33,34)/t17?,19?,27-/m0/s1. The number of nitrogens with zero attached hydrogens (tertiary/aromatic N) is 3. The Labute approximate surface area is 203 Å². The number of esters is 1. The van der Waals surface area contributed by atoms with Crippen LogP contribution in [0.2, 0.25) is 0 Å². The molecule has 3 aliphatic heterocycles. The molecule has 2 unspecified atom stereocenters. The summed E-state index contributed by atoms with van der Waals surface area (Å²) >= 11 is 0. The molecule has 0 bridgehead atoms. The lowest BCUT2D eigenvalue weighted by atomic mass is 9.84. The number of rotatable bonds is 3. The number of likely N-dealkylation sites (tertiary alicyclic amines) is 2. The van der Waals surface area contributed by atoms with Crippen molar-refractivity contribution in [3.05, 3.63) is 65.0 Å². The molecule has 182 valence electrons. The van der Waals surface area contributed by atoms with Gasteiger partial charge in [0.2, 0.25) is 5.91 Å². The van der Waals surface area contributed by atoms with Crippen LogP contribution in [0.3, 0.4) is 0 Å². The van der Waals surface area contributed by atoms with Crippen LogP contribution >= 0.6 is 0 Å². The van der Waals surface area contributed by atoms with Crippen molar-refractivity contribution >= 4 is 18.0 Å². The third kappa shape index (κ3) is 3.41. The number of carboxylic acid groups (broad SMARTS) is 1. The van der Waals surface area contributed by atoms with Crippen molar-refractivity contribution in [2.45, 2.75) is 62.0 Å². The molecular formula is C27H29N3O5. The predicted octanol–water partition coefficient (Wildman–Crippen LogP) is 3.66. The molecule has 4 heterocycles. The zero-order valence-corrected chi connectivity index (χ0v) is 19.8. The van der Waals surface area contributed by atoms with Crippen LogP contribution in [-0.4, -0.2) is 63.5 Å². The molecule has 2 aromatic rings. The van der Waals surface area contributed by atoms with Crippen LogP contribution in [0.4, 0.5) is 4.79 Å². The minimum absolute atomic E-state index is 0.00429. The number of fused-ring (bicyclic) bond motifs is 2. The van der Waals surface area contributed by atoms with Gasteiger partial charge >= 0.3 is 12.1 Å². The van der Waals surface area contributed by atoms with Crippen LogP contribution in [0.15, 0.2) is 42.7 Å². The molecule has 2 saturated heterocycles. The Morgan fingerprint density at radius 3 is 2.57 bits per heavy atom. The topological polar surface area (TPSA) is 100 Å². The first kappa shape index (κ1) is 22.1. The zero-order valence-electron chi connectivity index (χ0n) is 19.8. The van der Waals surface area contributed by atoms with E-state index < -0.39 is 17.1 Å². The maximum absolute atomic E-state index is 13.7. The summed E-state index contributed by atoms with van der Waals surface area (Å²) < 4.78 is 5.80. The number of aromatic nitrogens is 1. The van der Waals surface area contributed by atoms with Gasteiger partial charge in [-0.25, -0.2) is 9.59 Å². The maximum Gasteiger partial charge on any atom is 0.407 e. The minimum Gasteiger partial charge on any atom is -0.465 e. The largest absolute Gasteiger partial charge is 0.465 e. The van der Waals surface area contributed by atoms with E-state index in [4.69, 9.17) is 4.74 Å². The molecule has 8 heteroatoms. The second kappa shape index (κ2) is 7.80. The predicted molar refractivity (Wildman–Crippen MR) is 126 cm³/mol. The molecule has 1 aromatic carbocycles. The van der Waals surface area contributed by atoms with Gasteiger partial charge in [-0.05, 0) is 55.7 Å². The third-order valence-corrected chi connectivity index (χ3v) is 8.55. The number of piperidine rings is 1. The van der Waals surface area contributed by atoms with Crippen LogP contribution in [0, 0.1) is 0 Å². The molecule has 2 amide bonds. The number of carbonyl (C=O) groups is 3. The Bertz CT molecular complexity index is 1210. The van der Waals surface area contributed by atoms with E-state index in [1.54, 1.807) is 12.4 Å². The van der Waals surface area contributed by atoms with Gasteiger partial charge in [0, 0.05) is 43.5 Å². The van der Waals surface area contributed by atoms with E-state index in [1.807, 2.05) is 17.9 Å². The first-order chi connectivity index (χ1) is 16.8. The molecule has 3 fully saturated rings. The number of benzene rings is 1. The summed E-state index contributed by atoms with van der Waals surface area (Å²) in [6.07, 6.45) is 6.23. The number of carbonyl (C=O) groups excluding carboxylic acids is 2. The zero-order chi connectivity index (χ0) is 24.4. The lowest BCUT2D eigenvalue weighted by Crippen LogP contribution is -2.43. The van der Waals surface area contributed by atoms with E-state index in [2.05, 4.69) is 29.2 Å². The molecule has 8 nitrogen and oxygen atoms in total. The van der Waals surface area contributed by atoms with Gasteiger partial charge in [-0.2, -0.15) is 0 Å². The lowest BCUT2D eigenvalue weighted by Gasteiger charge is -2.36. The fourth-order valence-corrected chi connectivity index (χ4v) is 6.39. The van der Waals surface area contributed by atoms with Gasteiger partial charge in [0.05, 0.1) is 17.5 Å². The van der Waals surface area contributed by atoms with Gasteiger partial charge in [-0.3, -0.25) is 9.78 Å². The van der Waals surface area contributed by atoms with Crippen LogP contribution in [0.1, 0.15) is 72.0 Å².